The molecule has 6 nitrogen and oxygen atoms in total. The topological polar surface area (TPSA) is 109 Å². The molecule has 0 aliphatic rings. The van der Waals surface area contributed by atoms with Crippen LogP contribution in [0.15, 0.2) is 0 Å². The normalized spacial score (nSPS) is 15.2. The van der Waals surface area contributed by atoms with E-state index in [9.17, 15) is 16.8 Å². The zero-order valence-electron chi connectivity index (χ0n) is 14.2. The van der Waals surface area contributed by atoms with Crippen molar-refractivity contribution in [3.05, 3.63) is 0 Å². The summed E-state index contributed by atoms with van der Waals surface area (Å²) in [4.78, 5) is 0. The van der Waals surface area contributed by atoms with Crippen molar-refractivity contribution in [2.45, 2.75) is 75.7 Å². The molecule has 0 bridgehead atoms. The molecule has 21 heavy (non-hydrogen) atoms. The Hall–Kier alpha value is 0.820. The summed E-state index contributed by atoms with van der Waals surface area (Å²) >= 11 is 0. The van der Waals surface area contributed by atoms with E-state index in [0.29, 0.717) is 6.42 Å². The fourth-order valence-corrected chi connectivity index (χ4v) is 3.63. The Morgan fingerprint density at radius 1 is 0.905 bits per heavy atom. The molecule has 0 rings (SSSR count). The van der Waals surface area contributed by atoms with Gasteiger partial charge in [-0.3, -0.25) is 9.11 Å². The molecule has 0 aromatic carbocycles. The van der Waals surface area contributed by atoms with E-state index in [1.165, 1.54) is 6.92 Å². The van der Waals surface area contributed by atoms with Crippen molar-refractivity contribution in [1.82, 2.24) is 0 Å². The van der Waals surface area contributed by atoms with Crippen LogP contribution in [0.25, 0.3) is 0 Å². The average Bonchev–Trinajstić information content (AvgIpc) is 2.29. The van der Waals surface area contributed by atoms with E-state index in [2.05, 4.69) is 6.92 Å². The first-order valence-corrected chi connectivity index (χ1v) is 10.0. The Morgan fingerprint density at radius 3 is 1.81 bits per heavy atom. The van der Waals surface area contributed by atoms with Gasteiger partial charge in [0, 0.05) is 0 Å². The average molecular weight is 354 g/mol. The third kappa shape index (κ3) is 12.0. The largest absolute Gasteiger partial charge is 1.00 e. The van der Waals surface area contributed by atoms with Gasteiger partial charge in [-0.25, -0.2) is 0 Å². The zero-order chi connectivity index (χ0) is 15.8. The summed E-state index contributed by atoms with van der Waals surface area (Å²) in [5.41, 5.74) is 0. The monoisotopic (exact) mass is 354 g/mol. The fraction of sp³-hybridized carbons (Fsp3) is 1.00. The Labute approximate surface area is 152 Å². The van der Waals surface area contributed by atoms with Crippen molar-refractivity contribution in [2.24, 2.45) is 0 Å². The Balaban J connectivity index is -0.00000180. The van der Waals surface area contributed by atoms with Crippen molar-refractivity contribution in [3.8, 4) is 0 Å². The second-order valence-electron chi connectivity index (χ2n) is 5.25. The fourth-order valence-electron chi connectivity index (χ4n) is 2.03. The molecule has 0 saturated carbocycles. The summed E-state index contributed by atoms with van der Waals surface area (Å²) in [5.74, 6) is 0. The van der Waals surface area contributed by atoms with Gasteiger partial charge in [0.05, 0.1) is 10.5 Å². The number of unbranched alkanes of at least 4 members (excludes halogenated alkanes) is 5. The van der Waals surface area contributed by atoms with Gasteiger partial charge in [0.2, 0.25) is 0 Å². The third-order valence-electron chi connectivity index (χ3n) is 3.40. The molecule has 0 heterocycles. The predicted molar refractivity (Wildman–Crippen MR) is 80.1 cm³/mol. The van der Waals surface area contributed by atoms with Gasteiger partial charge >= 0.3 is 29.6 Å². The number of hydrogen-bond donors (Lipinski definition) is 2. The summed E-state index contributed by atoms with van der Waals surface area (Å²) < 4.78 is 62.3. The molecular formula is C12H27NaO6S2. The molecule has 2 N–H and O–H groups in total. The van der Waals surface area contributed by atoms with Gasteiger partial charge in [-0.1, -0.05) is 45.4 Å². The van der Waals surface area contributed by atoms with E-state index in [-0.39, 0.29) is 43.8 Å². The maximum Gasteiger partial charge on any atom is 1.00 e. The van der Waals surface area contributed by atoms with Crippen molar-refractivity contribution < 1.29 is 56.9 Å². The Morgan fingerprint density at radius 2 is 1.38 bits per heavy atom. The predicted octanol–water partition coefficient (Wildman–Crippen LogP) is -0.224. The molecule has 0 fully saturated rings. The Kier molecular flexibility index (Phi) is 13.0. The second-order valence-corrected chi connectivity index (χ2v) is 8.79. The molecule has 9 heteroatoms. The van der Waals surface area contributed by atoms with E-state index in [1.54, 1.807) is 0 Å². The van der Waals surface area contributed by atoms with Crippen LogP contribution >= 0.6 is 0 Å². The quantitative estimate of drug-likeness (QED) is 0.302. The van der Waals surface area contributed by atoms with E-state index in [1.807, 2.05) is 0 Å². The van der Waals surface area contributed by atoms with Gasteiger partial charge in [0.25, 0.3) is 20.2 Å². The molecule has 2 atom stereocenters. The van der Waals surface area contributed by atoms with E-state index >= 15 is 0 Å². The van der Waals surface area contributed by atoms with Crippen LogP contribution < -0.4 is 29.6 Å². The summed E-state index contributed by atoms with van der Waals surface area (Å²) in [5, 5.41) is -2.33. The van der Waals surface area contributed by atoms with E-state index in [4.69, 9.17) is 9.11 Å². The molecule has 0 aliphatic heterocycles. The van der Waals surface area contributed by atoms with E-state index < -0.39 is 30.7 Å². The van der Waals surface area contributed by atoms with Crippen LogP contribution in [0, 0.1) is 0 Å². The number of rotatable bonds is 11. The van der Waals surface area contributed by atoms with Crippen molar-refractivity contribution in [3.63, 3.8) is 0 Å². The summed E-state index contributed by atoms with van der Waals surface area (Å²) in [6, 6.07) is 0. The molecule has 0 aliphatic carbocycles. The summed E-state index contributed by atoms with van der Waals surface area (Å²) in [6.45, 7) is 3.33. The molecule has 0 radical (unpaired) electrons. The first-order chi connectivity index (χ1) is 9.09. The molecule has 0 aromatic heterocycles. The second kappa shape index (κ2) is 11.4. The molecule has 0 aromatic rings. The molecule has 124 valence electrons. The minimum atomic E-state index is -4.29. The van der Waals surface area contributed by atoms with Crippen LogP contribution in [0.3, 0.4) is 0 Å². The summed E-state index contributed by atoms with van der Waals surface area (Å²) in [6.07, 6.45) is 5.76. The first-order valence-electron chi connectivity index (χ1n) is 7.01. The van der Waals surface area contributed by atoms with Gasteiger partial charge in [-0.05, 0) is 19.8 Å². The van der Waals surface area contributed by atoms with Gasteiger partial charge < -0.3 is 1.43 Å². The maximum atomic E-state index is 11.2. The molecule has 0 amide bonds. The van der Waals surface area contributed by atoms with Crippen molar-refractivity contribution >= 4 is 20.2 Å². The summed E-state index contributed by atoms with van der Waals surface area (Å²) in [7, 11) is -8.57. The molecular weight excluding hydrogens is 327 g/mol. The van der Waals surface area contributed by atoms with Gasteiger partial charge in [-0.15, -0.1) is 0 Å². The SMILES string of the molecule is CCCCCCCCC(CC(C)S(=O)(=O)O)S(=O)(=O)O.[H-].[Na+]. The standard InChI is InChI=1S/C12H26O6S2.Na.H/c1-3-4-5-6-7-8-9-12(20(16,17)18)10-11(2)19(13,14)15;;/h11-12H,3-10H2,1-2H3,(H,13,14,15)(H,16,17,18);;/q;+1;-1. The number of hydrogen-bond acceptors (Lipinski definition) is 4. The van der Waals surface area contributed by atoms with Crippen LogP contribution in [0.4, 0.5) is 0 Å². The Bertz CT molecular complexity index is 466. The van der Waals surface area contributed by atoms with Crippen LogP contribution in [0.2, 0.25) is 0 Å². The minimum absolute atomic E-state index is 0. The van der Waals surface area contributed by atoms with Crippen molar-refractivity contribution in [1.29, 1.82) is 0 Å². The maximum absolute atomic E-state index is 11.2. The molecule has 0 saturated heterocycles. The van der Waals surface area contributed by atoms with Crippen LogP contribution in [0.5, 0.6) is 0 Å². The van der Waals surface area contributed by atoms with Crippen molar-refractivity contribution in [2.75, 3.05) is 0 Å². The third-order valence-corrected chi connectivity index (χ3v) is 5.88. The van der Waals surface area contributed by atoms with Crippen LogP contribution in [-0.4, -0.2) is 36.4 Å². The van der Waals surface area contributed by atoms with Gasteiger partial charge in [0.1, 0.15) is 0 Å². The molecule has 2 unspecified atom stereocenters. The van der Waals surface area contributed by atoms with Gasteiger partial charge in [-0.2, -0.15) is 16.8 Å². The van der Waals surface area contributed by atoms with E-state index in [0.717, 1.165) is 32.1 Å². The smallest absolute Gasteiger partial charge is 1.00 e. The van der Waals surface area contributed by atoms with Gasteiger partial charge in [0.15, 0.2) is 0 Å². The zero-order valence-corrected chi connectivity index (χ0v) is 16.8. The first kappa shape index (κ1) is 24.1. The van der Waals surface area contributed by atoms with Crippen LogP contribution in [0.1, 0.15) is 66.6 Å². The van der Waals surface area contributed by atoms with Crippen LogP contribution in [-0.2, 0) is 20.2 Å². The minimum Gasteiger partial charge on any atom is -1.00 e. The molecule has 0 spiro atoms.